The van der Waals surface area contributed by atoms with Crippen LogP contribution in [0.25, 0.3) is 0 Å². The van der Waals surface area contributed by atoms with Crippen LogP contribution in [0.2, 0.25) is 0 Å². The third-order valence-electron chi connectivity index (χ3n) is 6.94. The molecule has 2 bridgehead atoms. The fourth-order valence-corrected chi connectivity index (χ4v) is 5.49. The van der Waals surface area contributed by atoms with Crippen LogP contribution in [0, 0.1) is 25.7 Å². The number of carbonyl (C=O) groups is 3. The number of nitrogens with one attached hydrogen (secondary N) is 1. The van der Waals surface area contributed by atoms with Gasteiger partial charge in [0.05, 0.1) is 24.3 Å². The predicted molar refractivity (Wildman–Crippen MR) is 133 cm³/mol. The maximum atomic E-state index is 13.7. The van der Waals surface area contributed by atoms with Crippen LogP contribution in [-0.4, -0.2) is 46.6 Å². The average Bonchev–Trinajstić information content (AvgIpc) is 3.45. The van der Waals surface area contributed by atoms with Gasteiger partial charge in [-0.15, -0.1) is 0 Å². The van der Waals surface area contributed by atoms with E-state index in [9.17, 15) is 14.4 Å². The van der Waals surface area contributed by atoms with Crippen LogP contribution in [0.3, 0.4) is 0 Å². The number of anilines is 1. The number of aryl methyl sites for hydroxylation is 2. The number of ether oxygens (including phenoxy) is 2. The number of fused-ring (bicyclic) bond motifs is 1. The van der Waals surface area contributed by atoms with Gasteiger partial charge in [0, 0.05) is 17.4 Å². The molecule has 8 heteroatoms. The first kappa shape index (κ1) is 24.2. The Kier molecular flexibility index (Phi) is 5.75. The minimum atomic E-state index is -1.25. The highest BCUT2D eigenvalue weighted by atomic mass is 16.6. The third-order valence-corrected chi connectivity index (χ3v) is 6.94. The zero-order chi connectivity index (χ0) is 25.8. The molecule has 2 saturated heterocycles. The summed E-state index contributed by atoms with van der Waals surface area (Å²) in [4.78, 5) is 46.4. The number of hydrogen-bond acceptors (Lipinski definition) is 6. The molecule has 2 aromatic rings. The normalized spacial score (nSPS) is 27.2. The summed E-state index contributed by atoms with van der Waals surface area (Å²) in [6, 6.07) is 11.0. The van der Waals surface area contributed by atoms with Gasteiger partial charge in [-0.1, -0.05) is 35.9 Å². The van der Waals surface area contributed by atoms with Crippen LogP contribution in [0.1, 0.15) is 43.7 Å². The van der Waals surface area contributed by atoms with Crippen molar-refractivity contribution in [3.05, 3.63) is 71.6 Å². The summed E-state index contributed by atoms with van der Waals surface area (Å²) in [6.45, 7) is 9.83. The number of amides is 2. The molecule has 2 amide bonds. The molecule has 36 heavy (non-hydrogen) atoms. The number of pyridine rings is 1. The van der Waals surface area contributed by atoms with Gasteiger partial charge in [0.1, 0.15) is 11.5 Å². The summed E-state index contributed by atoms with van der Waals surface area (Å²) < 4.78 is 12.1. The fourth-order valence-electron chi connectivity index (χ4n) is 5.49. The van der Waals surface area contributed by atoms with Crippen molar-refractivity contribution in [3.8, 4) is 0 Å². The van der Waals surface area contributed by atoms with Crippen molar-refractivity contribution in [2.75, 3.05) is 11.4 Å². The van der Waals surface area contributed by atoms with E-state index in [1.807, 2.05) is 65.0 Å². The average molecular weight is 490 g/mol. The highest BCUT2D eigenvalue weighted by molar-refractivity contribution is 6.03. The Labute approximate surface area is 210 Å². The Balaban J connectivity index is 1.43. The van der Waals surface area contributed by atoms with Crippen molar-refractivity contribution in [3.63, 3.8) is 0 Å². The van der Waals surface area contributed by atoms with E-state index in [4.69, 9.17) is 9.47 Å². The van der Waals surface area contributed by atoms with Gasteiger partial charge in [-0.2, -0.15) is 0 Å². The number of benzene rings is 1. The first-order chi connectivity index (χ1) is 17.0. The molecule has 5 rings (SSSR count). The fraction of sp³-hybridized carbons (Fsp3) is 0.429. The highest BCUT2D eigenvalue weighted by Crippen LogP contribution is 2.53. The summed E-state index contributed by atoms with van der Waals surface area (Å²) in [7, 11) is 0. The molecule has 188 valence electrons. The minimum absolute atomic E-state index is 0.177. The molecule has 2 fully saturated rings. The van der Waals surface area contributed by atoms with Gasteiger partial charge in [0.2, 0.25) is 12.0 Å². The van der Waals surface area contributed by atoms with E-state index in [2.05, 4.69) is 10.3 Å². The van der Waals surface area contributed by atoms with E-state index in [1.54, 1.807) is 29.3 Å². The van der Waals surface area contributed by atoms with E-state index >= 15 is 0 Å². The molecular formula is C28H31N3O5. The van der Waals surface area contributed by atoms with Gasteiger partial charge >= 0.3 is 5.97 Å². The van der Waals surface area contributed by atoms with Gasteiger partial charge < -0.3 is 19.7 Å². The smallest absolute Gasteiger partial charge is 0.314 e. The van der Waals surface area contributed by atoms with E-state index in [1.165, 1.54) is 0 Å². The highest BCUT2D eigenvalue weighted by Gasteiger charge is 2.67. The lowest BCUT2D eigenvalue weighted by Crippen LogP contribution is -2.46. The van der Waals surface area contributed by atoms with Gasteiger partial charge in [-0.25, -0.2) is 0 Å². The second kappa shape index (κ2) is 8.55. The quantitative estimate of drug-likeness (QED) is 0.512. The molecule has 1 spiro atoms. The van der Waals surface area contributed by atoms with Crippen LogP contribution >= 0.6 is 0 Å². The van der Waals surface area contributed by atoms with Crippen molar-refractivity contribution in [2.45, 2.75) is 58.0 Å². The first-order valence-electron chi connectivity index (χ1n) is 12.2. The largest absolute Gasteiger partial charge is 0.445 e. The number of nitrogens with zero attached hydrogens (tertiary/aromatic N) is 2. The Morgan fingerprint density at radius 1 is 1.22 bits per heavy atom. The number of aromatic nitrogens is 1. The molecule has 4 heterocycles. The van der Waals surface area contributed by atoms with Gasteiger partial charge in [-0.05, 0) is 58.4 Å². The molecule has 0 aliphatic carbocycles. The number of rotatable bonds is 5. The molecule has 1 aromatic heterocycles. The number of carbonyl (C=O) groups excluding carboxylic acids is 3. The van der Waals surface area contributed by atoms with Crippen molar-refractivity contribution in [1.29, 1.82) is 0 Å². The first-order valence-corrected chi connectivity index (χ1v) is 12.2. The van der Waals surface area contributed by atoms with Crippen LogP contribution in [-0.2, 0) is 23.9 Å². The zero-order valence-corrected chi connectivity index (χ0v) is 21.1. The summed E-state index contributed by atoms with van der Waals surface area (Å²) in [6.07, 6.45) is 3.44. The summed E-state index contributed by atoms with van der Waals surface area (Å²) >= 11 is 0. The Morgan fingerprint density at radius 2 is 2.00 bits per heavy atom. The topological polar surface area (TPSA) is 97.8 Å². The van der Waals surface area contributed by atoms with Crippen LogP contribution in [0.15, 0.2) is 54.7 Å². The van der Waals surface area contributed by atoms with E-state index in [0.29, 0.717) is 12.2 Å². The second-order valence-corrected chi connectivity index (χ2v) is 10.9. The van der Waals surface area contributed by atoms with Crippen LogP contribution in [0.5, 0.6) is 0 Å². The lowest BCUT2D eigenvalue weighted by Gasteiger charge is -2.27. The SMILES string of the molecule is Cc1ccc(N2C[C@@]34C=C[C@@H](O3)[C@H](C(=O)O[C@@H](C(=O)NC(C)(C)C)c3ccccn3)[C@H]4C2=O)c(C)c1. The standard InChI is InChI=1S/C28H31N3O5/c1-16-9-10-19(17(2)14-16)31-15-28-12-11-20(36-28)21(22(28)25(31)33)26(34)35-23(18-8-6-7-13-29-18)24(32)30-27(3,4)5/h6-14,20-23H,15H2,1-5H3,(H,30,32)/t20-,21+,22+,23-,28-/m1/s1. The monoisotopic (exact) mass is 489 g/mol. The van der Waals surface area contributed by atoms with E-state index in [0.717, 1.165) is 16.8 Å². The molecule has 1 N–H and O–H groups in total. The van der Waals surface area contributed by atoms with Gasteiger partial charge in [0.25, 0.3) is 5.91 Å². The van der Waals surface area contributed by atoms with Crippen LogP contribution in [0.4, 0.5) is 5.69 Å². The minimum Gasteiger partial charge on any atom is -0.445 e. The lowest BCUT2D eigenvalue weighted by atomic mass is 9.77. The van der Waals surface area contributed by atoms with Crippen molar-refractivity contribution >= 4 is 23.5 Å². The molecule has 8 nitrogen and oxygen atoms in total. The molecule has 0 unspecified atom stereocenters. The van der Waals surface area contributed by atoms with E-state index in [-0.39, 0.29) is 5.91 Å². The summed E-state index contributed by atoms with van der Waals surface area (Å²) in [5.74, 6) is -2.88. The molecule has 5 atom stereocenters. The Hall–Kier alpha value is -3.52. The van der Waals surface area contributed by atoms with Crippen molar-refractivity contribution in [1.82, 2.24) is 10.3 Å². The molecule has 0 saturated carbocycles. The molecule has 0 radical (unpaired) electrons. The predicted octanol–water partition coefficient (Wildman–Crippen LogP) is 3.18. The van der Waals surface area contributed by atoms with Crippen molar-refractivity contribution < 1.29 is 23.9 Å². The summed E-state index contributed by atoms with van der Waals surface area (Å²) in [5, 5.41) is 2.86. The Bertz CT molecular complexity index is 1250. The van der Waals surface area contributed by atoms with Gasteiger partial charge in [-0.3, -0.25) is 19.4 Å². The molecule has 3 aliphatic rings. The molecular weight excluding hydrogens is 458 g/mol. The molecule has 3 aliphatic heterocycles. The maximum Gasteiger partial charge on any atom is 0.314 e. The zero-order valence-electron chi connectivity index (χ0n) is 21.1. The Morgan fingerprint density at radius 3 is 2.67 bits per heavy atom. The summed E-state index contributed by atoms with van der Waals surface area (Å²) in [5.41, 5.74) is 1.78. The lowest BCUT2D eigenvalue weighted by molar-refractivity contribution is -0.163. The number of hydrogen-bond donors (Lipinski definition) is 1. The number of esters is 1. The van der Waals surface area contributed by atoms with Gasteiger partial charge in [0.15, 0.2) is 0 Å². The van der Waals surface area contributed by atoms with Crippen molar-refractivity contribution in [2.24, 2.45) is 11.8 Å². The maximum absolute atomic E-state index is 13.7. The van der Waals surface area contributed by atoms with E-state index < -0.39 is 47.1 Å². The van der Waals surface area contributed by atoms with Crippen LogP contribution < -0.4 is 10.2 Å². The third kappa shape index (κ3) is 4.09. The second-order valence-electron chi connectivity index (χ2n) is 10.9. The molecule has 1 aromatic carbocycles.